The van der Waals surface area contributed by atoms with Crippen LogP contribution in [0, 0.1) is 11.3 Å². The molecular formula is C22H15F3N4OS. The molecule has 156 valence electrons. The van der Waals surface area contributed by atoms with Gasteiger partial charge in [-0.15, -0.1) is 11.3 Å². The van der Waals surface area contributed by atoms with Gasteiger partial charge in [-0.25, -0.2) is 9.78 Å². The highest BCUT2D eigenvalue weighted by Crippen LogP contribution is 2.39. The van der Waals surface area contributed by atoms with Crippen molar-refractivity contribution in [1.82, 2.24) is 15.6 Å². The molecule has 0 fully saturated rings. The molecule has 3 aromatic rings. The molecule has 1 atom stereocenters. The number of halogens is 3. The second kappa shape index (κ2) is 7.89. The van der Waals surface area contributed by atoms with Crippen LogP contribution in [0.3, 0.4) is 0 Å². The highest BCUT2D eigenvalue weighted by atomic mass is 32.1. The summed E-state index contributed by atoms with van der Waals surface area (Å²) in [5.41, 5.74) is 2.66. The van der Waals surface area contributed by atoms with Crippen LogP contribution in [0.4, 0.5) is 18.0 Å². The molecule has 1 aliphatic heterocycles. The van der Waals surface area contributed by atoms with Crippen LogP contribution in [0.2, 0.25) is 0 Å². The Balaban J connectivity index is 1.75. The molecule has 1 aliphatic rings. The second-order valence-electron chi connectivity index (χ2n) is 6.92. The van der Waals surface area contributed by atoms with Crippen molar-refractivity contribution in [3.8, 4) is 17.3 Å². The standard InChI is InChI=1S/C22H15F3N4OS/c1-12-18(20-28-17(11-31-20)14-7-5-13(10-26)6-8-14)19(29-21(30)27-12)15-3-2-4-16(9-15)22(23,24)25/h2-9,11,19H,1H3,(H2,27,29,30). The Labute approximate surface area is 179 Å². The minimum atomic E-state index is -4.49. The zero-order valence-electron chi connectivity index (χ0n) is 16.1. The van der Waals surface area contributed by atoms with E-state index >= 15 is 0 Å². The van der Waals surface area contributed by atoms with Crippen molar-refractivity contribution < 1.29 is 18.0 Å². The Hall–Kier alpha value is -3.64. The Kier molecular flexibility index (Phi) is 5.25. The van der Waals surface area contributed by atoms with E-state index in [-0.39, 0.29) is 0 Å². The van der Waals surface area contributed by atoms with Crippen molar-refractivity contribution in [3.05, 3.63) is 81.3 Å². The van der Waals surface area contributed by atoms with E-state index in [9.17, 15) is 18.0 Å². The Morgan fingerprint density at radius 3 is 2.58 bits per heavy atom. The van der Waals surface area contributed by atoms with Gasteiger partial charge < -0.3 is 10.6 Å². The van der Waals surface area contributed by atoms with Crippen molar-refractivity contribution in [1.29, 1.82) is 5.26 Å². The number of allylic oxidation sites excluding steroid dienone is 1. The van der Waals surface area contributed by atoms with E-state index in [0.29, 0.717) is 33.1 Å². The molecule has 2 N–H and O–H groups in total. The molecule has 0 saturated carbocycles. The highest BCUT2D eigenvalue weighted by Gasteiger charge is 2.34. The first-order valence-corrected chi connectivity index (χ1v) is 10.1. The predicted octanol–water partition coefficient (Wildman–Crippen LogP) is 5.49. The van der Waals surface area contributed by atoms with E-state index in [4.69, 9.17) is 5.26 Å². The second-order valence-corrected chi connectivity index (χ2v) is 7.78. The number of benzene rings is 2. The summed E-state index contributed by atoms with van der Waals surface area (Å²) in [6, 6.07) is 12.6. The fraction of sp³-hybridized carbons (Fsp3) is 0.136. The van der Waals surface area contributed by atoms with Crippen molar-refractivity contribution in [2.75, 3.05) is 0 Å². The lowest BCUT2D eigenvalue weighted by atomic mass is 9.94. The lowest BCUT2D eigenvalue weighted by Crippen LogP contribution is -2.42. The number of aromatic nitrogens is 1. The maximum Gasteiger partial charge on any atom is 0.416 e. The lowest BCUT2D eigenvalue weighted by molar-refractivity contribution is -0.137. The zero-order chi connectivity index (χ0) is 22.2. The number of alkyl halides is 3. The summed E-state index contributed by atoms with van der Waals surface area (Å²) in [7, 11) is 0. The summed E-state index contributed by atoms with van der Waals surface area (Å²) in [6.45, 7) is 1.69. The average molecular weight is 440 g/mol. The monoisotopic (exact) mass is 440 g/mol. The van der Waals surface area contributed by atoms with E-state index in [1.54, 1.807) is 37.3 Å². The van der Waals surface area contributed by atoms with Crippen LogP contribution in [0.25, 0.3) is 16.8 Å². The van der Waals surface area contributed by atoms with Gasteiger partial charge in [0.15, 0.2) is 0 Å². The molecule has 31 heavy (non-hydrogen) atoms. The van der Waals surface area contributed by atoms with Crippen LogP contribution in [0.1, 0.15) is 34.7 Å². The third kappa shape index (κ3) is 4.15. The van der Waals surface area contributed by atoms with Crippen molar-refractivity contribution in [3.63, 3.8) is 0 Å². The van der Waals surface area contributed by atoms with Gasteiger partial charge in [-0.2, -0.15) is 18.4 Å². The number of rotatable bonds is 3. The first-order chi connectivity index (χ1) is 14.8. The number of hydrogen-bond acceptors (Lipinski definition) is 4. The van der Waals surface area contributed by atoms with Crippen LogP contribution in [-0.2, 0) is 6.18 Å². The van der Waals surface area contributed by atoms with Gasteiger partial charge in [0.25, 0.3) is 0 Å². The number of nitrogens with zero attached hydrogens (tertiary/aromatic N) is 2. The third-order valence-corrected chi connectivity index (χ3v) is 5.74. The summed E-state index contributed by atoms with van der Waals surface area (Å²) >= 11 is 1.33. The number of amides is 2. The minimum Gasteiger partial charge on any atom is -0.327 e. The molecule has 2 amide bonds. The Bertz CT molecular complexity index is 1220. The Morgan fingerprint density at radius 2 is 1.90 bits per heavy atom. The number of nitriles is 1. The number of carbonyl (C=O) groups is 1. The summed E-state index contributed by atoms with van der Waals surface area (Å²) < 4.78 is 39.6. The maximum absolute atomic E-state index is 13.2. The smallest absolute Gasteiger partial charge is 0.327 e. The third-order valence-electron chi connectivity index (χ3n) is 4.86. The molecule has 0 saturated heterocycles. The van der Waals surface area contributed by atoms with Gasteiger partial charge in [0.1, 0.15) is 5.01 Å². The van der Waals surface area contributed by atoms with Gasteiger partial charge in [-0.1, -0.05) is 24.3 Å². The summed E-state index contributed by atoms with van der Waals surface area (Å²) in [4.78, 5) is 16.7. The van der Waals surface area contributed by atoms with Gasteiger partial charge in [-0.3, -0.25) is 0 Å². The fourth-order valence-corrected chi connectivity index (χ4v) is 4.33. The first kappa shape index (κ1) is 20.6. The number of urea groups is 1. The van der Waals surface area contributed by atoms with Gasteiger partial charge in [0.05, 0.1) is 28.9 Å². The van der Waals surface area contributed by atoms with Crippen molar-refractivity contribution in [2.45, 2.75) is 19.1 Å². The molecular weight excluding hydrogens is 425 g/mol. The minimum absolute atomic E-state index is 0.314. The van der Waals surface area contributed by atoms with Crippen LogP contribution >= 0.6 is 11.3 Å². The van der Waals surface area contributed by atoms with Gasteiger partial charge in [0.2, 0.25) is 0 Å². The van der Waals surface area contributed by atoms with E-state index in [0.717, 1.165) is 17.7 Å². The first-order valence-electron chi connectivity index (χ1n) is 9.18. The topological polar surface area (TPSA) is 77.8 Å². The van der Waals surface area contributed by atoms with Gasteiger partial charge in [-0.05, 0) is 36.8 Å². The molecule has 2 heterocycles. The normalized spacial score (nSPS) is 16.5. The SMILES string of the molecule is CC1=C(c2nc(-c3ccc(C#N)cc3)cs2)C(c2cccc(C(F)(F)F)c2)NC(=O)N1. The van der Waals surface area contributed by atoms with Crippen LogP contribution in [0.5, 0.6) is 0 Å². The van der Waals surface area contributed by atoms with E-state index in [1.165, 1.54) is 17.4 Å². The average Bonchev–Trinajstić information content (AvgIpc) is 3.22. The fourth-order valence-electron chi connectivity index (χ4n) is 3.37. The molecule has 0 radical (unpaired) electrons. The molecule has 1 unspecified atom stereocenters. The quantitative estimate of drug-likeness (QED) is 0.566. The number of nitrogens with one attached hydrogen (secondary N) is 2. The van der Waals surface area contributed by atoms with Crippen molar-refractivity contribution >= 4 is 22.9 Å². The Morgan fingerprint density at radius 1 is 1.16 bits per heavy atom. The highest BCUT2D eigenvalue weighted by molar-refractivity contribution is 7.11. The molecule has 0 bridgehead atoms. The molecule has 5 nitrogen and oxygen atoms in total. The lowest BCUT2D eigenvalue weighted by Gasteiger charge is -2.28. The van der Waals surface area contributed by atoms with Crippen LogP contribution in [0.15, 0.2) is 59.6 Å². The predicted molar refractivity (Wildman–Crippen MR) is 111 cm³/mol. The van der Waals surface area contributed by atoms with Gasteiger partial charge >= 0.3 is 12.2 Å². The van der Waals surface area contributed by atoms with Crippen molar-refractivity contribution in [2.24, 2.45) is 0 Å². The number of thiazole rings is 1. The largest absolute Gasteiger partial charge is 0.416 e. The van der Waals surface area contributed by atoms with Gasteiger partial charge in [0, 0.05) is 22.2 Å². The molecule has 9 heteroatoms. The molecule has 0 aliphatic carbocycles. The van der Waals surface area contributed by atoms with E-state index in [2.05, 4.69) is 21.7 Å². The van der Waals surface area contributed by atoms with Crippen LogP contribution < -0.4 is 10.6 Å². The van der Waals surface area contributed by atoms with E-state index < -0.39 is 23.8 Å². The summed E-state index contributed by atoms with van der Waals surface area (Å²) in [5, 5.41) is 16.7. The summed E-state index contributed by atoms with van der Waals surface area (Å²) in [5.74, 6) is 0. The number of carbonyl (C=O) groups excluding carboxylic acids is 1. The zero-order valence-corrected chi connectivity index (χ0v) is 16.9. The number of hydrogen-bond donors (Lipinski definition) is 2. The van der Waals surface area contributed by atoms with Crippen LogP contribution in [-0.4, -0.2) is 11.0 Å². The van der Waals surface area contributed by atoms with E-state index in [1.807, 2.05) is 5.38 Å². The molecule has 0 spiro atoms. The summed E-state index contributed by atoms with van der Waals surface area (Å²) in [6.07, 6.45) is -4.49. The molecule has 1 aromatic heterocycles. The molecule has 2 aromatic carbocycles. The molecule has 4 rings (SSSR count). The maximum atomic E-state index is 13.2.